The lowest BCUT2D eigenvalue weighted by molar-refractivity contribution is 0.0350. The van der Waals surface area contributed by atoms with E-state index in [1.165, 1.54) is 6.08 Å². The van der Waals surface area contributed by atoms with Gasteiger partial charge in [-0.2, -0.15) is 0 Å². The number of piperidine rings is 1. The van der Waals surface area contributed by atoms with Crippen molar-refractivity contribution in [2.24, 2.45) is 0 Å². The maximum absolute atomic E-state index is 9.87. The molecule has 0 saturated carbocycles. The lowest BCUT2D eigenvalue weighted by atomic mass is 9.92. The molecule has 74 valence electrons. The van der Waals surface area contributed by atoms with Crippen LogP contribution in [0.2, 0.25) is 0 Å². The second-order valence-corrected chi connectivity index (χ2v) is 3.31. The van der Waals surface area contributed by atoms with Gasteiger partial charge in [0.2, 0.25) is 0 Å². The number of hydrogen-bond acceptors (Lipinski definition) is 2. The summed E-state index contributed by atoms with van der Waals surface area (Å²) in [5, 5.41) is 9.87. The Morgan fingerprint density at radius 1 is 1.46 bits per heavy atom. The first-order chi connectivity index (χ1) is 5.66. The van der Waals surface area contributed by atoms with Gasteiger partial charge < -0.3 is 10.0 Å². The number of hydrogen-bond donors (Lipinski definition) is 1. The Balaban J connectivity index is 0.00000144. The van der Waals surface area contributed by atoms with Gasteiger partial charge >= 0.3 is 0 Å². The van der Waals surface area contributed by atoms with Crippen LogP contribution in [0.4, 0.5) is 0 Å². The van der Waals surface area contributed by atoms with Crippen LogP contribution < -0.4 is 0 Å². The minimum atomic E-state index is -0.763. The lowest BCUT2D eigenvalue weighted by Gasteiger charge is -2.32. The summed E-state index contributed by atoms with van der Waals surface area (Å²) in [5.74, 6) is 5.55. The molecule has 0 radical (unpaired) electrons. The Bertz CT molecular complexity index is 221. The monoisotopic (exact) mass is 201 g/mol. The van der Waals surface area contributed by atoms with E-state index < -0.39 is 5.60 Å². The van der Waals surface area contributed by atoms with Crippen molar-refractivity contribution < 1.29 is 5.11 Å². The molecule has 0 aromatic rings. The predicted molar refractivity (Wildman–Crippen MR) is 56.9 cm³/mol. The number of likely N-dealkylation sites (tertiary alicyclic amines) is 1. The molecule has 0 unspecified atom stereocenters. The van der Waals surface area contributed by atoms with Crippen LogP contribution in [0.15, 0.2) is 12.7 Å². The van der Waals surface area contributed by atoms with Gasteiger partial charge in [-0.15, -0.1) is 12.4 Å². The fourth-order valence-corrected chi connectivity index (χ4v) is 1.30. The first-order valence-corrected chi connectivity index (χ1v) is 4.21. The number of rotatable bonds is 0. The molecule has 0 amide bonds. The van der Waals surface area contributed by atoms with Gasteiger partial charge in [-0.05, 0) is 13.1 Å². The van der Waals surface area contributed by atoms with E-state index in [1.54, 1.807) is 0 Å². The molecular formula is C10H16ClNO. The van der Waals surface area contributed by atoms with Gasteiger partial charge in [0.05, 0.1) is 0 Å². The molecule has 3 heteroatoms. The summed E-state index contributed by atoms with van der Waals surface area (Å²) >= 11 is 0. The van der Waals surface area contributed by atoms with Crippen molar-refractivity contribution in [3.05, 3.63) is 12.7 Å². The van der Waals surface area contributed by atoms with Gasteiger partial charge in [-0.1, -0.05) is 18.4 Å². The topological polar surface area (TPSA) is 23.5 Å². The molecule has 1 heterocycles. The minimum Gasteiger partial charge on any atom is -0.377 e. The van der Waals surface area contributed by atoms with Crippen LogP contribution in [0.3, 0.4) is 0 Å². The van der Waals surface area contributed by atoms with Gasteiger partial charge in [-0.25, -0.2) is 0 Å². The molecule has 1 aliphatic rings. The molecule has 0 aromatic carbocycles. The van der Waals surface area contributed by atoms with Crippen LogP contribution in [0.5, 0.6) is 0 Å². The summed E-state index contributed by atoms with van der Waals surface area (Å²) in [6.07, 6.45) is 3.00. The fraction of sp³-hybridized carbons (Fsp3) is 0.600. The molecule has 1 saturated heterocycles. The van der Waals surface area contributed by atoms with Gasteiger partial charge in [0.25, 0.3) is 0 Å². The van der Waals surface area contributed by atoms with E-state index in [2.05, 4.69) is 30.4 Å². The van der Waals surface area contributed by atoms with Crippen molar-refractivity contribution in [3.63, 3.8) is 0 Å². The molecular weight excluding hydrogens is 186 g/mol. The second kappa shape index (κ2) is 5.29. The average molecular weight is 202 g/mol. The highest BCUT2D eigenvalue weighted by molar-refractivity contribution is 5.85. The fourth-order valence-electron chi connectivity index (χ4n) is 1.30. The zero-order chi connectivity index (χ0) is 9.03. The van der Waals surface area contributed by atoms with E-state index in [-0.39, 0.29) is 12.4 Å². The van der Waals surface area contributed by atoms with Crippen molar-refractivity contribution in [3.8, 4) is 11.8 Å². The number of aliphatic hydroxyl groups is 1. The molecule has 1 rings (SSSR count). The zero-order valence-corrected chi connectivity index (χ0v) is 8.73. The van der Waals surface area contributed by atoms with E-state index in [9.17, 15) is 5.11 Å². The predicted octanol–water partition coefficient (Wildman–Crippen LogP) is 1.05. The van der Waals surface area contributed by atoms with Crippen LogP contribution in [0.1, 0.15) is 12.8 Å². The first kappa shape index (κ1) is 12.5. The number of allylic oxidation sites excluding steroid dienone is 1. The highest BCUT2D eigenvalue weighted by Crippen LogP contribution is 2.19. The number of halogens is 1. The summed E-state index contributed by atoms with van der Waals surface area (Å²) in [5.41, 5.74) is -0.763. The Morgan fingerprint density at radius 2 is 2.00 bits per heavy atom. The van der Waals surface area contributed by atoms with Crippen LogP contribution in [0, 0.1) is 11.8 Å². The lowest BCUT2D eigenvalue weighted by Crippen LogP contribution is -2.41. The van der Waals surface area contributed by atoms with Crippen molar-refractivity contribution in [1.29, 1.82) is 0 Å². The van der Waals surface area contributed by atoms with Crippen molar-refractivity contribution >= 4 is 12.4 Å². The Hall–Kier alpha value is -0.490. The third-order valence-electron chi connectivity index (χ3n) is 2.22. The Labute approximate surface area is 86.0 Å². The summed E-state index contributed by atoms with van der Waals surface area (Å²) in [7, 11) is 2.06. The quantitative estimate of drug-likeness (QED) is 0.593. The molecule has 1 N–H and O–H groups in total. The van der Waals surface area contributed by atoms with Gasteiger partial charge in [-0.3, -0.25) is 0 Å². The smallest absolute Gasteiger partial charge is 0.128 e. The Morgan fingerprint density at radius 3 is 2.46 bits per heavy atom. The molecule has 2 nitrogen and oxygen atoms in total. The van der Waals surface area contributed by atoms with Crippen LogP contribution in [0.25, 0.3) is 0 Å². The SMILES string of the molecule is C=CC#CC1(O)CCN(C)CC1.Cl. The Kier molecular flexibility index (Phi) is 5.09. The van der Waals surface area contributed by atoms with Gasteiger partial charge in [0.1, 0.15) is 5.60 Å². The summed E-state index contributed by atoms with van der Waals surface area (Å²) in [4.78, 5) is 2.20. The molecule has 0 atom stereocenters. The van der Waals surface area contributed by atoms with Crippen molar-refractivity contribution in [2.75, 3.05) is 20.1 Å². The van der Waals surface area contributed by atoms with E-state index in [4.69, 9.17) is 0 Å². The molecule has 0 aromatic heterocycles. The maximum atomic E-state index is 9.87. The molecule has 0 bridgehead atoms. The van der Waals surface area contributed by atoms with Crippen LogP contribution in [-0.4, -0.2) is 35.7 Å². The second-order valence-electron chi connectivity index (χ2n) is 3.31. The minimum absolute atomic E-state index is 0. The standard InChI is InChI=1S/C10H15NO.ClH/c1-3-4-5-10(12)6-8-11(2)9-7-10;/h3,12H,1,6-9H2,2H3;1H. The highest BCUT2D eigenvalue weighted by atomic mass is 35.5. The number of nitrogens with zero attached hydrogens (tertiary/aromatic N) is 1. The summed E-state index contributed by atoms with van der Waals surface area (Å²) in [6, 6.07) is 0. The van der Waals surface area contributed by atoms with Crippen molar-refractivity contribution in [1.82, 2.24) is 4.90 Å². The van der Waals surface area contributed by atoms with E-state index in [0.29, 0.717) is 0 Å². The zero-order valence-electron chi connectivity index (χ0n) is 7.92. The van der Waals surface area contributed by atoms with Crippen LogP contribution >= 0.6 is 12.4 Å². The van der Waals surface area contributed by atoms with Crippen molar-refractivity contribution in [2.45, 2.75) is 18.4 Å². The third kappa shape index (κ3) is 3.82. The van der Waals surface area contributed by atoms with Crippen LogP contribution in [-0.2, 0) is 0 Å². The largest absolute Gasteiger partial charge is 0.377 e. The maximum Gasteiger partial charge on any atom is 0.128 e. The van der Waals surface area contributed by atoms with E-state index in [0.717, 1.165) is 25.9 Å². The average Bonchev–Trinajstić information content (AvgIpc) is 2.08. The van der Waals surface area contributed by atoms with E-state index in [1.807, 2.05) is 0 Å². The van der Waals surface area contributed by atoms with Gasteiger partial charge in [0.15, 0.2) is 0 Å². The normalized spacial score (nSPS) is 20.8. The summed E-state index contributed by atoms with van der Waals surface area (Å²) in [6.45, 7) is 5.33. The molecule has 13 heavy (non-hydrogen) atoms. The molecule has 0 spiro atoms. The molecule has 0 aliphatic carbocycles. The molecule has 1 aliphatic heterocycles. The first-order valence-electron chi connectivity index (χ1n) is 4.21. The van der Waals surface area contributed by atoms with Gasteiger partial charge in [0, 0.05) is 25.9 Å². The highest BCUT2D eigenvalue weighted by Gasteiger charge is 2.28. The third-order valence-corrected chi connectivity index (χ3v) is 2.22. The molecule has 1 fully saturated rings. The van der Waals surface area contributed by atoms with E-state index >= 15 is 0 Å². The summed E-state index contributed by atoms with van der Waals surface area (Å²) < 4.78 is 0.